The number of aromatic nitrogens is 1. The van der Waals surface area contributed by atoms with Crippen molar-refractivity contribution in [2.75, 3.05) is 0 Å². The Balaban J connectivity index is 2.15. The average Bonchev–Trinajstić information content (AvgIpc) is 2.49. The summed E-state index contributed by atoms with van der Waals surface area (Å²) in [5, 5.41) is 0. The number of hydrogen-bond donors (Lipinski definition) is 0. The van der Waals surface area contributed by atoms with Crippen molar-refractivity contribution in [2.45, 2.75) is 0 Å². The summed E-state index contributed by atoms with van der Waals surface area (Å²) in [7, 11) is 0. The molecule has 2 heteroatoms. The molecule has 0 aliphatic carbocycles. The third-order valence-corrected chi connectivity index (χ3v) is 3.01. The minimum absolute atomic E-state index is 0.235. The van der Waals surface area contributed by atoms with E-state index in [0.29, 0.717) is 0 Å². The highest BCUT2D eigenvalue weighted by atomic mass is 19.1. The van der Waals surface area contributed by atoms with Gasteiger partial charge in [0.25, 0.3) is 0 Å². The first-order valence-corrected chi connectivity index (χ1v) is 6.11. The molecule has 0 bridgehead atoms. The van der Waals surface area contributed by atoms with Crippen LogP contribution in [0.1, 0.15) is 0 Å². The molecule has 0 saturated carbocycles. The molecule has 3 rings (SSSR count). The molecule has 0 atom stereocenters. The molecule has 3 aromatic rings. The Morgan fingerprint density at radius 1 is 0.684 bits per heavy atom. The molecule has 1 nitrogen and oxygen atoms in total. The molecule has 1 aromatic heterocycles. The van der Waals surface area contributed by atoms with Gasteiger partial charge in [-0.1, -0.05) is 36.4 Å². The van der Waals surface area contributed by atoms with Crippen LogP contribution in [0, 0.1) is 5.82 Å². The second-order valence-corrected chi connectivity index (χ2v) is 4.27. The zero-order valence-corrected chi connectivity index (χ0v) is 10.3. The SMILES string of the molecule is Fc1ccc(-c2ncccc2-c2ccccc2)cc1. The van der Waals surface area contributed by atoms with Gasteiger partial charge in [-0.25, -0.2) is 4.39 Å². The van der Waals surface area contributed by atoms with Gasteiger partial charge in [0, 0.05) is 17.3 Å². The first-order chi connectivity index (χ1) is 9.34. The first-order valence-electron chi connectivity index (χ1n) is 6.11. The number of hydrogen-bond acceptors (Lipinski definition) is 1. The highest BCUT2D eigenvalue weighted by Crippen LogP contribution is 2.29. The number of halogens is 1. The minimum atomic E-state index is -0.235. The maximum absolute atomic E-state index is 13.0. The van der Waals surface area contributed by atoms with Crippen molar-refractivity contribution in [3.05, 3.63) is 78.7 Å². The molecule has 92 valence electrons. The van der Waals surface area contributed by atoms with E-state index < -0.39 is 0 Å². The minimum Gasteiger partial charge on any atom is -0.256 e. The normalized spacial score (nSPS) is 10.4. The molecule has 0 unspecified atom stereocenters. The smallest absolute Gasteiger partial charge is 0.123 e. The summed E-state index contributed by atoms with van der Waals surface area (Å²) in [5.74, 6) is -0.235. The largest absolute Gasteiger partial charge is 0.256 e. The Kier molecular flexibility index (Phi) is 3.07. The fourth-order valence-electron chi connectivity index (χ4n) is 2.09. The lowest BCUT2D eigenvalue weighted by Crippen LogP contribution is -1.88. The lowest BCUT2D eigenvalue weighted by Gasteiger charge is -2.08. The Bertz CT molecular complexity index is 675. The first kappa shape index (κ1) is 11.6. The van der Waals surface area contributed by atoms with E-state index in [1.165, 1.54) is 12.1 Å². The molecule has 0 spiro atoms. The van der Waals surface area contributed by atoms with E-state index in [1.807, 2.05) is 42.5 Å². The van der Waals surface area contributed by atoms with Crippen molar-refractivity contribution >= 4 is 0 Å². The van der Waals surface area contributed by atoms with Crippen LogP contribution in [0.15, 0.2) is 72.9 Å². The third kappa shape index (κ3) is 2.38. The summed E-state index contributed by atoms with van der Waals surface area (Å²) in [6.45, 7) is 0. The fraction of sp³-hybridized carbons (Fsp3) is 0. The number of pyridine rings is 1. The Morgan fingerprint density at radius 3 is 2.16 bits per heavy atom. The quantitative estimate of drug-likeness (QED) is 0.649. The van der Waals surface area contributed by atoms with Crippen molar-refractivity contribution in [1.82, 2.24) is 4.98 Å². The summed E-state index contributed by atoms with van der Waals surface area (Å²) in [6, 6.07) is 20.4. The highest BCUT2D eigenvalue weighted by Gasteiger charge is 2.07. The van der Waals surface area contributed by atoms with Gasteiger partial charge in [-0.05, 0) is 35.9 Å². The molecular weight excluding hydrogens is 237 g/mol. The summed E-state index contributed by atoms with van der Waals surface area (Å²) >= 11 is 0. The second-order valence-electron chi connectivity index (χ2n) is 4.27. The summed E-state index contributed by atoms with van der Waals surface area (Å²) < 4.78 is 13.0. The van der Waals surface area contributed by atoms with Crippen LogP contribution in [0.25, 0.3) is 22.4 Å². The predicted molar refractivity (Wildman–Crippen MR) is 75.1 cm³/mol. The average molecular weight is 249 g/mol. The molecule has 1 heterocycles. The Hall–Kier alpha value is -2.48. The van der Waals surface area contributed by atoms with E-state index in [1.54, 1.807) is 18.3 Å². The van der Waals surface area contributed by atoms with E-state index in [9.17, 15) is 4.39 Å². The Morgan fingerprint density at radius 2 is 1.42 bits per heavy atom. The summed E-state index contributed by atoms with van der Waals surface area (Å²) in [4.78, 5) is 4.43. The Labute approximate surface area is 111 Å². The molecule has 2 aromatic carbocycles. The van der Waals surface area contributed by atoms with Gasteiger partial charge in [0.15, 0.2) is 0 Å². The molecule has 0 aliphatic heterocycles. The molecule has 0 saturated heterocycles. The van der Waals surface area contributed by atoms with E-state index in [-0.39, 0.29) is 5.82 Å². The van der Waals surface area contributed by atoms with Crippen molar-refractivity contribution in [3.8, 4) is 22.4 Å². The number of rotatable bonds is 2. The lowest BCUT2D eigenvalue weighted by molar-refractivity contribution is 0.628. The monoisotopic (exact) mass is 249 g/mol. The van der Waals surface area contributed by atoms with Crippen LogP contribution in [0.2, 0.25) is 0 Å². The number of benzene rings is 2. The van der Waals surface area contributed by atoms with Crippen LogP contribution in [-0.4, -0.2) is 4.98 Å². The van der Waals surface area contributed by atoms with Crippen molar-refractivity contribution in [1.29, 1.82) is 0 Å². The molecule has 0 amide bonds. The molecular formula is C17H12FN. The van der Waals surface area contributed by atoms with Gasteiger partial charge in [-0.2, -0.15) is 0 Å². The summed E-state index contributed by atoms with van der Waals surface area (Å²) in [6.07, 6.45) is 1.76. The fourth-order valence-corrected chi connectivity index (χ4v) is 2.09. The van der Waals surface area contributed by atoms with Crippen molar-refractivity contribution in [3.63, 3.8) is 0 Å². The van der Waals surface area contributed by atoms with Gasteiger partial charge in [0.2, 0.25) is 0 Å². The van der Waals surface area contributed by atoms with Gasteiger partial charge in [-0.15, -0.1) is 0 Å². The number of nitrogens with zero attached hydrogens (tertiary/aromatic N) is 1. The van der Waals surface area contributed by atoms with Crippen LogP contribution >= 0.6 is 0 Å². The molecule has 19 heavy (non-hydrogen) atoms. The van der Waals surface area contributed by atoms with Crippen LogP contribution in [0.4, 0.5) is 4.39 Å². The van der Waals surface area contributed by atoms with Gasteiger partial charge in [0.05, 0.1) is 5.69 Å². The molecule has 0 fully saturated rings. The lowest BCUT2D eigenvalue weighted by atomic mass is 9.99. The maximum Gasteiger partial charge on any atom is 0.123 e. The van der Waals surface area contributed by atoms with E-state index in [2.05, 4.69) is 4.98 Å². The highest BCUT2D eigenvalue weighted by molar-refractivity contribution is 5.80. The van der Waals surface area contributed by atoms with Crippen molar-refractivity contribution < 1.29 is 4.39 Å². The molecule has 0 N–H and O–H groups in total. The predicted octanol–water partition coefficient (Wildman–Crippen LogP) is 4.55. The van der Waals surface area contributed by atoms with Gasteiger partial charge in [0.1, 0.15) is 5.82 Å². The van der Waals surface area contributed by atoms with Crippen LogP contribution < -0.4 is 0 Å². The molecule has 0 aliphatic rings. The zero-order chi connectivity index (χ0) is 13.1. The third-order valence-electron chi connectivity index (χ3n) is 3.01. The topological polar surface area (TPSA) is 12.9 Å². The van der Waals surface area contributed by atoms with Crippen LogP contribution in [0.3, 0.4) is 0 Å². The zero-order valence-electron chi connectivity index (χ0n) is 10.3. The van der Waals surface area contributed by atoms with E-state index >= 15 is 0 Å². The van der Waals surface area contributed by atoms with Crippen molar-refractivity contribution in [2.24, 2.45) is 0 Å². The standard InChI is InChI=1S/C17H12FN/c18-15-10-8-14(9-11-15)17-16(7-4-12-19-17)13-5-2-1-3-6-13/h1-12H. The second kappa shape index (κ2) is 5.02. The van der Waals surface area contributed by atoms with Gasteiger partial charge >= 0.3 is 0 Å². The van der Waals surface area contributed by atoms with Crippen LogP contribution in [0.5, 0.6) is 0 Å². The van der Waals surface area contributed by atoms with E-state index in [4.69, 9.17) is 0 Å². The molecule has 0 radical (unpaired) electrons. The van der Waals surface area contributed by atoms with Gasteiger partial charge in [-0.3, -0.25) is 4.98 Å². The maximum atomic E-state index is 13.0. The van der Waals surface area contributed by atoms with Crippen LogP contribution in [-0.2, 0) is 0 Å². The summed E-state index contributed by atoms with van der Waals surface area (Å²) in [5.41, 5.74) is 3.94. The van der Waals surface area contributed by atoms with Gasteiger partial charge < -0.3 is 0 Å². The van der Waals surface area contributed by atoms with E-state index in [0.717, 1.165) is 22.4 Å².